The van der Waals surface area contributed by atoms with E-state index in [4.69, 9.17) is 10.5 Å². The van der Waals surface area contributed by atoms with Crippen LogP contribution in [0.2, 0.25) is 0 Å². The highest BCUT2D eigenvalue weighted by atomic mass is 16.5. The molecule has 0 aromatic heterocycles. The van der Waals surface area contributed by atoms with Crippen molar-refractivity contribution in [2.75, 3.05) is 45.9 Å². The zero-order chi connectivity index (χ0) is 13.7. The van der Waals surface area contributed by atoms with Crippen LogP contribution in [-0.4, -0.2) is 67.3 Å². The minimum atomic E-state index is 0.228. The number of nitrogens with zero attached hydrogens (tertiary/aromatic N) is 2. The van der Waals surface area contributed by atoms with Crippen molar-refractivity contribution in [3.63, 3.8) is 0 Å². The largest absolute Gasteiger partial charge is 0.377 e. The first-order valence-corrected chi connectivity index (χ1v) is 7.99. The molecular weight excluding hydrogens is 238 g/mol. The Morgan fingerprint density at radius 1 is 1.26 bits per heavy atom. The predicted molar refractivity (Wildman–Crippen MR) is 79.4 cm³/mol. The van der Waals surface area contributed by atoms with Crippen LogP contribution in [0.5, 0.6) is 0 Å². The Labute approximate surface area is 118 Å². The Balaban J connectivity index is 1.98. The fourth-order valence-electron chi connectivity index (χ4n) is 3.58. The molecule has 19 heavy (non-hydrogen) atoms. The topological polar surface area (TPSA) is 41.7 Å². The maximum absolute atomic E-state index is 6.18. The summed E-state index contributed by atoms with van der Waals surface area (Å²) in [5, 5.41) is 0. The predicted octanol–water partition coefficient (Wildman–Crippen LogP) is 1.30. The summed E-state index contributed by atoms with van der Waals surface area (Å²) in [5.41, 5.74) is 6.41. The lowest BCUT2D eigenvalue weighted by molar-refractivity contribution is 0.00494. The summed E-state index contributed by atoms with van der Waals surface area (Å²) in [6.45, 7) is 12.0. The van der Waals surface area contributed by atoms with Crippen LogP contribution < -0.4 is 5.73 Å². The van der Waals surface area contributed by atoms with Gasteiger partial charge >= 0.3 is 0 Å². The lowest BCUT2D eigenvalue weighted by Gasteiger charge is -2.48. The number of piperidine rings is 1. The third-order valence-corrected chi connectivity index (χ3v) is 4.83. The molecule has 2 N–H and O–H groups in total. The molecule has 0 aliphatic carbocycles. The average Bonchev–Trinajstić information content (AvgIpc) is 2.65. The van der Waals surface area contributed by atoms with E-state index in [1.165, 1.54) is 38.9 Å². The molecule has 1 unspecified atom stereocenters. The normalized spacial score (nSPS) is 30.2. The molecule has 2 fully saturated rings. The first-order chi connectivity index (χ1) is 9.20. The number of nitrogens with two attached hydrogens (primary N) is 1. The van der Waals surface area contributed by atoms with E-state index in [0.717, 1.165) is 32.7 Å². The van der Waals surface area contributed by atoms with E-state index >= 15 is 0 Å². The molecule has 0 amide bonds. The first kappa shape index (κ1) is 15.2. The Morgan fingerprint density at radius 2 is 2.00 bits per heavy atom. The summed E-state index contributed by atoms with van der Waals surface area (Å²) in [5.74, 6) is 0. The second-order valence-electron chi connectivity index (χ2n) is 6.25. The summed E-state index contributed by atoms with van der Waals surface area (Å²) in [6, 6.07) is 0. The molecular formula is C15H31N3O. The highest BCUT2D eigenvalue weighted by Gasteiger charge is 2.39. The van der Waals surface area contributed by atoms with Gasteiger partial charge in [-0.1, -0.05) is 6.92 Å². The standard InChI is InChI=1S/C15H31N3O/c1-3-7-17-9-5-15(13-16,6-10-17)18-8-4-11-19-14(2)12-18/h14H,3-13,16H2,1-2H3. The van der Waals surface area contributed by atoms with Crippen molar-refractivity contribution in [2.24, 2.45) is 5.73 Å². The number of rotatable bonds is 4. The lowest BCUT2D eigenvalue weighted by Crippen LogP contribution is -2.60. The molecule has 0 aromatic carbocycles. The zero-order valence-corrected chi connectivity index (χ0v) is 12.7. The molecule has 1 atom stereocenters. The third kappa shape index (κ3) is 3.69. The Morgan fingerprint density at radius 3 is 2.63 bits per heavy atom. The van der Waals surface area contributed by atoms with Crippen LogP contribution in [0.3, 0.4) is 0 Å². The molecule has 2 aliphatic rings. The van der Waals surface area contributed by atoms with Crippen LogP contribution in [0.15, 0.2) is 0 Å². The molecule has 0 radical (unpaired) electrons. The molecule has 2 saturated heterocycles. The number of hydrogen-bond donors (Lipinski definition) is 1. The highest BCUT2D eigenvalue weighted by Crippen LogP contribution is 2.29. The van der Waals surface area contributed by atoms with Crippen molar-refractivity contribution < 1.29 is 4.74 Å². The molecule has 0 aromatic rings. The summed E-state index contributed by atoms with van der Waals surface area (Å²) in [7, 11) is 0. The maximum Gasteiger partial charge on any atom is 0.0674 e. The van der Waals surface area contributed by atoms with E-state index in [0.29, 0.717) is 6.10 Å². The van der Waals surface area contributed by atoms with Crippen LogP contribution in [-0.2, 0) is 4.74 Å². The molecule has 0 bridgehead atoms. The van der Waals surface area contributed by atoms with E-state index in [1.807, 2.05) is 0 Å². The fraction of sp³-hybridized carbons (Fsp3) is 1.00. The molecule has 0 saturated carbocycles. The van der Waals surface area contributed by atoms with Crippen molar-refractivity contribution in [1.82, 2.24) is 9.80 Å². The smallest absolute Gasteiger partial charge is 0.0674 e. The second kappa shape index (κ2) is 7.02. The Bertz CT molecular complexity index is 264. The van der Waals surface area contributed by atoms with Gasteiger partial charge in [0.2, 0.25) is 0 Å². The van der Waals surface area contributed by atoms with Gasteiger partial charge in [0, 0.05) is 31.8 Å². The van der Waals surface area contributed by atoms with Gasteiger partial charge < -0.3 is 15.4 Å². The molecule has 4 nitrogen and oxygen atoms in total. The van der Waals surface area contributed by atoms with Crippen molar-refractivity contribution in [3.8, 4) is 0 Å². The average molecular weight is 269 g/mol. The first-order valence-electron chi connectivity index (χ1n) is 7.99. The van der Waals surface area contributed by atoms with Gasteiger partial charge in [-0.3, -0.25) is 4.90 Å². The van der Waals surface area contributed by atoms with Gasteiger partial charge in [-0.05, 0) is 52.2 Å². The quantitative estimate of drug-likeness (QED) is 0.835. The van der Waals surface area contributed by atoms with E-state index < -0.39 is 0 Å². The number of likely N-dealkylation sites (tertiary alicyclic amines) is 1. The van der Waals surface area contributed by atoms with Crippen LogP contribution in [0.4, 0.5) is 0 Å². The van der Waals surface area contributed by atoms with Crippen LogP contribution in [0.25, 0.3) is 0 Å². The Kier molecular flexibility index (Phi) is 5.63. The van der Waals surface area contributed by atoms with Crippen molar-refractivity contribution >= 4 is 0 Å². The zero-order valence-electron chi connectivity index (χ0n) is 12.7. The van der Waals surface area contributed by atoms with Gasteiger partial charge in [-0.25, -0.2) is 0 Å². The van der Waals surface area contributed by atoms with Crippen molar-refractivity contribution in [1.29, 1.82) is 0 Å². The molecule has 2 heterocycles. The highest BCUT2D eigenvalue weighted by molar-refractivity contribution is 4.97. The minimum Gasteiger partial charge on any atom is -0.377 e. The van der Waals surface area contributed by atoms with E-state index in [1.54, 1.807) is 0 Å². The van der Waals surface area contributed by atoms with E-state index in [2.05, 4.69) is 23.6 Å². The van der Waals surface area contributed by atoms with E-state index in [9.17, 15) is 0 Å². The monoisotopic (exact) mass is 269 g/mol. The van der Waals surface area contributed by atoms with E-state index in [-0.39, 0.29) is 5.54 Å². The maximum atomic E-state index is 6.18. The van der Waals surface area contributed by atoms with Gasteiger partial charge in [0.05, 0.1) is 6.10 Å². The summed E-state index contributed by atoms with van der Waals surface area (Å²) in [6.07, 6.45) is 5.18. The molecule has 2 rings (SSSR count). The van der Waals surface area contributed by atoms with Gasteiger partial charge in [0.25, 0.3) is 0 Å². The lowest BCUT2D eigenvalue weighted by atomic mass is 9.85. The summed E-state index contributed by atoms with van der Waals surface area (Å²) >= 11 is 0. The fourth-order valence-corrected chi connectivity index (χ4v) is 3.58. The molecule has 0 spiro atoms. The molecule has 112 valence electrons. The van der Waals surface area contributed by atoms with Gasteiger partial charge in [-0.2, -0.15) is 0 Å². The van der Waals surface area contributed by atoms with Crippen molar-refractivity contribution in [3.05, 3.63) is 0 Å². The molecule has 2 aliphatic heterocycles. The summed E-state index contributed by atoms with van der Waals surface area (Å²) in [4.78, 5) is 5.22. The van der Waals surface area contributed by atoms with Gasteiger partial charge in [0.15, 0.2) is 0 Å². The number of hydrogen-bond acceptors (Lipinski definition) is 4. The van der Waals surface area contributed by atoms with Gasteiger partial charge in [0.1, 0.15) is 0 Å². The second-order valence-corrected chi connectivity index (χ2v) is 6.25. The van der Waals surface area contributed by atoms with Crippen LogP contribution >= 0.6 is 0 Å². The van der Waals surface area contributed by atoms with Crippen molar-refractivity contribution in [2.45, 2.75) is 51.2 Å². The molecule has 4 heteroatoms. The SMILES string of the molecule is CCCN1CCC(CN)(N2CCCOC(C)C2)CC1. The van der Waals surface area contributed by atoms with Gasteiger partial charge in [-0.15, -0.1) is 0 Å². The van der Waals surface area contributed by atoms with Crippen LogP contribution in [0, 0.1) is 0 Å². The number of ether oxygens (including phenoxy) is 1. The third-order valence-electron chi connectivity index (χ3n) is 4.83. The van der Waals surface area contributed by atoms with Crippen LogP contribution in [0.1, 0.15) is 39.5 Å². The summed E-state index contributed by atoms with van der Waals surface area (Å²) < 4.78 is 5.78. The minimum absolute atomic E-state index is 0.228. The Hall–Kier alpha value is -0.160.